The highest BCUT2D eigenvalue weighted by molar-refractivity contribution is 7.92. The zero-order valence-electron chi connectivity index (χ0n) is 20.3. The number of piperidine rings is 1. The largest absolute Gasteiger partial charge is 0.376 e. The minimum atomic E-state index is -3.25. The maximum atomic E-state index is 13.4. The van der Waals surface area contributed by atoms with E-state index < -0.39 is 15.4 Å². The Bertz CT molecular complexity index is 1280. The second kappa shape index (κ2) is 9.08. The van der Waals surface area contributed by atoms with Crippen LogP contribution in [0.4, 0.5) is 0 Å². The molecule has 0 bridgehead atoms. The van der Waals surface area contributed by atoms with Crippen molar-refractivity contribution in [2.75, 3.05) is 26.3 Å². The molecule has 2 atom stereocenters. The van der Waals surface area contributed by atoms with Gasteiger partial charge in [-0.25, -0.2) is 8.42 Å². The summed E-state index contributed by atoms with van der Waals surface area (Å²) in [5.41, 5.74) is 1.75. The number of ether oxygens (including phenoxy) is 1. The van der Waals surface area contributed by atoms with Gasteiger partial charge in [0, 0.05) is 31.1 Å². The van der Waals surface area contributed by atoms with Gasteiger partial charge in [0.2, 0.25) is 0 Å². The van der Waals surface area contributed by atoms with Crippen LogP contribution >= 0.6 is 0 Å². The van der Waals surface area contributed by atoms with Gasteiger partial charge in [0.25, 0.3) is 5.91 Å². The van der Waals surface area contributed by atoms with Crippen LogP contribution in [-0.2, 0) is 19.4 Å². The fourth-order valence-electron chi connectivity index (χ4n) is 5.86. The van der Waals surface area contributed by atoms with Crippen molar-refractivity contribution in [2.24, 2.45) is 5.92 Å². The van der Waals surface area contributed by atoms with Crippen molar-refractivity contribution < 1.29 is 22.7 Å². The molecule has 1 saturated carbocycles. The molecule has 7 nitrogen and oxygen atoms in total. The molecule has 0 radical (unpaired) electrons. The highest BCUT2D eigenvalue weighted by Gasteiger charge is 2.49. The van der Waals surface area contributed by atoms with Crippen LogP contribution in [0, 0.1) is 5.92 Å². The van der Waals surface area contributed by atoms with Crippen LogP contribution in [0.5, 0.6) is 0 Å². The molecule has 6 rings (SSSR count). The predicted octanol–water partition coefficient (Wildman–Crippen LogP) is 3.23. The maximum absolute atomic E-state index is 13.4. The first kappa shape index (κ1) is 23.8. The van der Waals surface area contributed by atoms with Crippen LogP contribution in [0.15, 0.2) is 53.4 Å². The Morgan fingerprint density at radius 2 is 1.78 bits per heavy atom. The predicted molar refractivity (Wildman–Crippen MR) is 135 cm³/mol. The molecule has 1 amide bonds. The van der Waals surface area contributed by atoms with Crippen molar-refractivity contribution >= 4 is 21.5 Å². The number of hydrogen-bond donors (Lipinski definition) is 1. The molecule has 36 heavy (non-hydrogen) atoms. The Morgan fingerprint density at radius 1 is 1.00 bits per heavy atom. The van der Waals surface area contributed by atoms with Gasteiger partial charge in [-0.2, -0.15) is 0 Å². The van der Waals surface area contributed by atoms with Gasteiger partial charge in [0.05, 0.1) is 23.4 Å². The van der Waals surface area contributed by atoms with Crippen molar-refractivity contribution in [1.82, 2.24) is 10.2 Å². The molecular weight excluding hydrogens is 476 g/mol. The minimum absolute atomic E-state index is 0.0147. The number of likely N-dealkylation sites (tertiary alicyclic amines) is 1. The van der Waals surface area contributed by atoms with E-state index in [1.54, 1.807) is 18.2 Å². The molecule has 1 aliphatic carbocycles. The number of Topliss-reactive ketones (excluding diaryl/α,β-unsaturated/α-hetero) is 1. The average molecular weight is 509 g/mol. The molecule has 4 aliphatic rings. The summed E-state index contributed by atoms with van der Waals surface area (Å²) in [5, 5.41) is 3.36. The smallest absolute Gasteiger partial charge is 0.253 e. The number of nitrogens with one attached hydrogen (secondary N) is 1. The fourth-order valence-corrected chi connectivity index (χ4v) is 7.56. The lowest BCUT2D eigenvalue weighted by atomic mass is 9.78. The van der Waals surface area contributed by atoms with E-state index in [0.717, 1.165) is 43.2 Å². The summed E-state index contributed by atoms with van der Waals surface area (Å²) in [4.78, 5) is 28.3. The third-order valence-electron chi connectivity index (χ3n) is 8.31. The van der Waals surface area contributed by atoms with Gasteiger partial charge in [-0.05, 0) is 73.4 Å². The molecule has 1 N–H and O–H groups in total. The Kier molecular flexibility index (Phi) is 6.01. The number of nitrogens with zero attached hydrogens (tertiary/aromatic N) is 1. The summed E-state index contributed by atoms with van der Waals surface area (Å²) < 4.78 is 30.7. The first-order valence-electron chi connectivity index (χ1n) is 13.0. The van der Waals surface area contributed by atoms with Crippen LogP contribution in [0.2, 0.25) is 0 Å². The first-order chi connectivity index (χ1) is 17.4. The van der Waals surface area contributed by atoms with E-state index in [-0.39, 0.29) is 23.0 Å². The van der Waals surface area contributed by atoms with Crippen molar-refractivity contribution in [3.63, 3.8) is 0 Å². The zero-order valence-corrected chi connectivity index (χ0v) is 21.1. The molecule has 4 fully saturated rings. The highest BCUT2D eigenvalue weighted by Crippen LogP contribution is 2.35. The maximum Gasteiger partial charge on any atom is 0.253 e. The summed E-state index contributed by atoms with van der Waals surface area (Å²) in [6.07, 6.45) is 4.91. The molecular formula is C28H32N2O5S. The second-order valence-corrected chi connectivity index (χ2v) is 13.0. The van der Waals surface area contributed by atoms with Crippen molar-refractivity contribution in [3.05, 3.63) is 54.1 Å². The van der Waals surface area contributed by atoms with Crippen LogP contribution in [0.1, 0.15) is 48.9 Å². The topological polar surface area (TPSA) is 92.8 Å². The van der Waals surface area contributed by atoms with E-state index in [9.17, 15) is 18.0 Å². The lowest BCUT2D eigenvalue weighted by Crippen LogP contribution is -2.71. The Morgan fingerprint density at radius 3 is 2.47 bits per heavy atom. The van der Waals surface area contributed by atoms with E-state index >= 15 is 0 Å². The molecule has 1 spiro atoms. The molecule has 3 aliphatic heterocycles. The van der Waals surface area contributed by atoms with Gasteiger partial charge < -0.3 is 9.64 Å². The quantitative estimate of drug-likeness (QED) is 0.682. The standard InChI is InChI=1S/C28H32N2O5S/c31-26-6-2-3-20-13-14-30(16-25(20)29-28(26)17-35-18-28)27(32)21-9-7-19(8-10-21)22-4-1-5-24(15-22)36(33,34)23-11-12-23/h1,4-5,7-10,15,20,23,25,29H,2-3,6,11-14,16-18H2. The number of fused-ring (bicyclic) bond motifs is 1. The van der Waals surface area contributed by atoms with Gasteiger partial charge in [-0.15, -0.1) is 0 Å². The van der Waals surface area contributed by atoms with E-state index in [4.69, 9.17) is 4.74 Å². The molecule has 8 heteroatoms. The fraction of sp³-hybridized carbons (Fsp3) is 0.500. The zero-order chi connectivity index (χ0) is 24.9. The van der Waals surface area contributed by atoms with Crippen LogP contribution in [-0.4, -0.2) is 68.1 Å². The molecule has 2 aromatic rings. The van der Waals surface area contributed by atoms with Crippen LogP contribution in [0.3, 0.4) is 0 Å². The third-order valence-corrected chi connectivity index (χ3v) is 10.6. The van der Waals surface area contributed by atoms with E-state index in [2.05, 4.69) is 5.32 Å². The summed E-state index contributed by atoms with van der Waals surface area (Å²) in [5.74, 6) is 0.681. The highest BCUT2D eigenvalue weighted by atomic mass is 32.2. The number of amides is 1. The average Bonchev–Trinajstić information content (AvgIpc) is 3.72. The summed E-state index contributed by atoms with van der Waals surface area (Å²) in [6, 6.07) is 14.6. The van der Waals surface area contributed by atoms with Crippen LogP contribution in [0.25, 0.3) is 11.1 Å². The van der Waals surface area contributed by atoms with Gasteiger partial charge in [-0.1, -0.05) is 24.3 Å². The number of benzene rings is 2. The summed E-state index contributed by atoms with van der Waals surface area (Å²) in [7, 11) is -3.25. The number of carbonyl (C=O) groups excluding carboxylic acids is 2. The third kappa shape index (κ3) is 4.29. The monoisotopic (exact) mass is 508 g/mol. The summed E-state index contributed by atoms with van der Waals surface area (Å²) >= 11 is 0. The number of hydrogen-bond acceptors (Lipinski definition) is 6. The van der Waals surface area contributed by atoms with Gasteiger partial charge >= 0.3 is 0 Å². The van der Waals surface area contributed by atoms with Gasteiger partial charge in [-0.3, -0.25) is 14.9 Å². The minimum Gasteiger partial charge on any atom is -0.376 e. The molecule has 2 unspecified atom stereocenters. The molecule has 3 saturated heterocycles. The van der Waals surface area contributed by atoms with E-state index in [0.29, 0.717) is 49.1 Å². The molecule has 0 aromatic heterocycles. The van der Waals surface area contributed by atoms with E-state index in [1.165, 1.54) is 0 Å². The second-order valence-electron chi connectivity index (χ2n) is 10.8. The summed E-state index contributed by atoms with van der Waals surface area (Å²) in [6.45, 7) is 2.14. The number of rotatable bonds is 4. The van der Waals surface area contributed by atoms with Crippen molar-refractivity contribution in [1.29, 1.82) is 0 Å². The van der Waals surface area contributed by atoms with Crippen molar-refractivity contribution in [2.45, 2.75) is 60.3 Å². The van der Waals surface area contributed by atoms with Crippen molar-refractivity contribution in [3.8, 4) is 11.1 Å². The lowest BCUT2D eigenvalue weighted by Gasteiger charge is -2.49. The SMILES string of the molecule is O=C(c1ccc(-c2cccc(S(=O)(=O)C3CC3)c2)cc1)N1CCC2CCCC(=O)C3(COC3)NC2C1. The normalized spacial score (nSPS) is 26.0. The number of carbonyl (C=O) groups is 2. The Labute approximate surface area is 212 Å². The Balaban J connectivity index is 1.17. The molecule has 3 heterocycles. The Hall–Kier alpha value is -2.55. The molecule has 190 valence electrons. The number of ketones is 1. The van der Waals surface area contributed by atoms with Gasteiger partial charge in [0.1, 0.15) is 5.54 Å². The number of sulfone groups is 1. The van der Waals surface area contributed by atoms with E-state index in [1.807, 2.05) is 35.2 Å². The molecule has 2 aromatic carbocycles. The first-order valence-corrected chi connectivity index (χ1v) is 14.5. The van der Waals surface area contributed by atoms with Crippen LogP contribution < -0.4 is 5.32 Å². The lowest BCUT2D eigenvalue weighted by molar-refractivity contribution is -0.150. The van der Waals surface area contributed by atoms with Gasteiger partial charge in [0.15, 0.2) is 15.6 Å².